The van der Waals surface area contributed by atoms with Crippen molar-refractivity contribution in [1.82, 2.24) is 4.98 Å². The lowest BCUT2D eigenvalue weighted by Gasteiger charge is -2.23. The third kappa shape index (κ3) is 2.20. The molecule has 1 amide bonds. The largest absolute Gasteiger partial charge is 0.396 e. The standard InChI is InChI=1S/C13H16N4O/c1-2-17(8-12(14)18)11-6-5-10-9(13(11)15)4-3-7-16-10/h3-7H,2,8,15H2,1H3,(H2,14,18). The lowest BCUT2D eigenvalue weighted by Crippen LogP contribution is -2.34. The first-order valence-electron chi connectivity index (χ1n) is 5.80. The summed E-state index contributed by atoms with van der Waals surface area (Å²) in [5.74, 6) is -0.373. The number of amides is 1. The van der Waals surface area contributed by atoms with Gasteiger partial charge >= 0.3 is 0 Å². The number of nitrogens with two attached hydrogens (primary N) is 2. The number of primary amides is 1. The predicted molar refractivity (Wildman–Crippen MR) is 73.2 cm³/mol. The van der Waals surface area contributed by atoms with Crippen LogP contribution in [-0.4, -0.2) is 24.0 Å². The van der Waals surface area contributed by atoms with Gasteiger partial charge in [-0.25, -0.2) is 0 Å². The highest BCUT2D eigenvalue weighted by atomic mass is 16.1. The van der Waals surface area contributed by atoms with Crippen LogP contribution in [0, 0.1) is 0 Å². The minimum atomic E-state index is -0.373. The Morgan fingerprint density at radius 2 is 2.17 bits per heavy atom. The van der Waals surface area contributed by atoms with Gasteiger partial charge in [-0.3, -0.25) is 9.78 Å². The fourth-order valence-electron chi connectivity index (χ4n) is 1.99. The average molecular weight is 244 g/mol. The molecule has 18 heavy (non-hydrogen) atoms. The molecular formula is C13H16N4O. The lowest BCUT2D eigenvalue weighted by molar-refractivity contribution is -0.116. The zero-order valence-corrected chi connectivity index (χ0v) is 10.3. The number of aromatic nitrogens is 1. The van der Waals surface area contributed by atoms with Gasteiger partial charge in [0.25, 0.3) is 0 Å². The molecule has 5 heteroatoms. The Hall–Kier alpha value is -2.30. The Kier molecular flexibility index (Phi) is 3.32. The highest BCUT2D eigenvalue weighted by Gasteiger charge is 2.12. The van der Waals surface area contributed by atoms with Crippen molar-refractivity contribution in [2.75, 3.05) is 23.7 Å². The van der Waals surface area contributed by atoms with Crippen LogP contribution in [0.4, 0.5) is 11.4 Å². The van der Waals surface area contributed by atoms with Crippen molar-refractivity contribution >= 4 is 28.2 Å². The maximum absolute atomic E-state index is 11.0. The number of nitrogens with zero attached hydrogens (tertiary/aromatic N) is 2. The number of hydrogen-bond donors (Lipinski definition) is 2. The van der Waals surface area contributed by atoms with E-state index in [1.54, 1.807) is 6.20 Å². The van der Waals surface area contributed by atoms with Crippen molar-refractivity contribution in [1.29, 1.82) is 0 Å². The monoisotopic (exact) mass is 244 g/mol. The third-order valence-electron chi connectivity index (χ3n) is 2.87. The first kappa shape index (κ1) is 12.2. The van der Waals surface area contributed by atoms with Gasteiger partial charge in [0.15, 0.2) is 0 Å². The van der Waals surface area contributed by atoms with E-state index in [9.17, 15) is 4.79 Å². The smallest absolute Gasteiger partial charge is 0.236 e. The highest BCUT2D eigenvalue weighted by molar-refractivity contribution is 5.97. The number of hydrogen-bond acceptors (Lipinski definition) is 4. The van der Waals surface area contributed by atoms with Gasteiger partial charge in [0, 0.05) is 18.1 Å². The van der Waals surface area contributed by atoms with Crippen LogP contribution >= 0.6 is 0 Å². The molecule has 1 heterocycles. The molecule has 0 saturated carbocycles. The van der Waals surface area contributed by atoms with Crippen molar-refractivity contribution in [3.63, 3.8) is 0 Å². The Bertz CT molecular complexity index is 582. The molecule has 0 radical (unpaired) electrons. The number of anilines is 2. The van der Waals surface area contributed by atoms with Crippen molar-refractivity contribution in [3.8, 4) is 0 Å². The van der Waals surface area contributed by atoms with Gasteiger partial charge in [-0.05, 0) is 31.2 Å². The second-order valence-corrected chi connectivity index (χ2v) is 4.05. The van der Waals surface area contributed by atoms with E-state index in [4.69, 9.17) is 11.5 Å². The summed E-state index contributed by atoms with van der Waals surface area (Å²) < 4.78 is 0. The van der Waals surface area contributed by atoms with Crippen molar-refractivity contribution in [3.05, 3.63) is 30.5 Å². The average Bonchev–Trinajstić information content (AvgIpc) is 2.37. The molecule has 1 aromatic heterocycles. The summed E-state index contributed by atoms with van der Waals surface area (Å²) in [5.41, 5.74) is 13.7. The van der Waals surface area contributed by atoms with E-state index in [0.717, 1.165) is 16.6 Å². The zero-order chi connectivity index (χ0) is 13.1. The number of fused-ring (bicyclic) bond motifs is 1. The normalized spacial score (nSPS) is 10.5. The molecule has 0 spiro atoms. The van der Waals surface area contributed by atoms with Crippen molar-refractivity contribution < 1.29 is 4.79 Å². The van der Waals surface area contributed by atoms with Crippen LogP contribution in [-0.2, 0) is 4.79 Å². The van der Waals surface area contributed by atoms with Gasteiger partial charge in [-0.1, -0.05) is 0 Å². The SMILES string of the molecule is CCN(CC(N)=O)c1ccc2ncccc2c1N. The number of carbonyl (C=O) groups excluding carboxylic acids is 1. The molecule has 2 rings (SSSR count). The molecule has 94 valence electrons. The van der Waals surface area contributed by atoms with E-state index >= 15 is 0 Å². The van der Waals surface area contributed by atoms with E-state index in [2.05, 4.69) is 4.98 Å². The molecule has 5 nitrogen and oxygen atoms in total. The molecule has 0 unspecified atom stereocenters. The fourth-order valence-corrected chi connectivity index (χ4v) is 1.99. The number of rotatable bonds is 4. The first-order valence-corrected chi connectivity index (χ1v) is 5.80. The molecule has 2 aromatic rings. The van der Waals surface area contributed by atoms with Crippen molar-refractivity contribution in [2.24, 2.45) is 5.73 Å². The molecule has 0 aliphatic carbocycles. The Morgan fingerprint density at radius 3 is 2.83 bits per heavy atom. The van der Waals surface area contributed by atoms with E-state index in [-0.39, 0.29) is 12.5 Å². The van der Waals surface area contributed by atoms with E-state index in [1.807, 2.05) is 36.1 Å². The molecule has 0 aliphatic rings. The summed E-state index contributed by atoms with van der Waals surface area (Å²) in [5, 5.41) is 0.887. The zero-order valence-electron chi connectivity index (χ0n) is 10.3. The number of carbonyl (C=O) groups is 1. The van der Waals surface area contributed by atoms with Gasteiger partial charge in [0.2, 0.25) is 5.91 Å². The van der Waals surface area contributed by atoms with Crippen LogP contribution in [0.2, 0.25) is 0 Å². The number of benzene rings is 1. The Morgan fingerprint density at radius 1 is 1.39 bits per heavy atom. The Labute approximate surface area is 105 Å². The summed E-state index contributed by atoms with van der Waals surface area (Å²) in [6.45, 7) is 2.78. The maximum atomic E-state index is 11.0. The minimum absolute atomic E-state index is 0.159. The summed E-state index contributed by atoms with van der Waals surface area (Å²) >= 11 is 0. The van der Waals surface area contributed by atoms with Gasteiger partial charge in [-0.15, -0.1) is 0 Å². The molecule has 0 aliphatic heterocycles. The third-order valence-corrected chi connectivity index (χ3v) is 2.87. The molecule has 0 fully saturated rings. The summed E-state index contributed by atoms with van der Waals surface area (Å²) in [6, 6.07) is 7.52. The molecular weight excluding hydrogens is 228 g/mol. The highest BCUT2D eigenvalue weighted by Crippen LogP contribution is 2.30. The van der Waals surface area contributed by atoms with Crippen LogP contribution in [0.5, 0.6) is 0 Å². The van der Waals surface area contributed by atoms with Gasteiger partial charge in [-0.2, -0.15) is 0 Å². The second kappa shape index (κ2) is 4.91. The predicted octanol–water partition coefficient (Wildman–Crippen LogP) is 1.13. The maximum Gasteiger partial charge on any atom is 0.236 e. The summed E-state index contributed by atoms with van der Waals surface area (Å²) in [7, 11) is 0. The van der Waals surface area contributed by atoms with E-state index in [0.29, 0.717) is 12.2 Å². The first-order chi connectivity index (χ1) is 8.63. The molecule has 0 saturated heterocycles. The molecule has 0 bridgehead atoms. The van der Waals surface area contributed by atoms with Crippen LogP contribution in [0.1, 0.15) is 6.92 Å². The van der Waals surface area contributed by atoms with Gasteiger partial charge in [0.1, 0.15) is 0 Å². The van der Waals surface area contributed by atoms with Crippen LogP contribution in [0.15, 0.2) is 30.5 Å². The van der Waals surface area contributed by atoms with Crippen molar-refractivity contribution in [2.45, 2.75) is 6.92 Å². The quantitative estimate of drug-likeness (QED) is 0.789. The number of pyridine rings is 1. The van der Waals surface area contributed by atoms with E-state index in [1.165, 1.54) is 0 Å². The van der Waals surface area contributed by atoms with Crippen LogP contribution in [0.25, 0.3) is 10.9 Å². The fraction of sp³-hybridized carbons (Fsp3) is 0.231. The molecule has 1 aromatic carbocycles. The minimum Gasteiger partial charge on any atom is -0.396 e. The van der Waals surface area contributed by atoms with Crippen LogP contribution < -0.4 is 16.4 Å². The topological polar surface area (TPSA) is 85.2 Å². The number of nitrogen functional groups attached to an aromatic ring is 1. The van der Waals surface area contributed by atoms with E-state index < -0.39 is 0 Å². The lowest BCUT2D eigenvalue weighted by atomic mass is 10.1. The van der Waals surface area contributed by atoms with Gasteiger partial charge < -0.3 is 16.4 Å². The number of likely N-dealkylation sites (N-methyl/N-ethyl adjacent to an activating group) is 1. The Balaban J connectivity index is 2.50. The van der Waals surface area contributed by atoms with Gasteiger partial charge in [0.05, 0.1) is 23.4 Å². The van der Waals surface area contributed by atoms with Crippen LogP contribution in [0.3, 0.4) is 0 Å². The summed E-state index contributed by atoms with van der Waals surface area (Å²) in [6.07, 6.45) is 1.72. The second-order valence-electron chi connectivity index (χ2n) is 4.05. The molecule has 4 N–H and O–H groups in total. The molecule has 0 atom stereocenters. The summed E-state index contributed by atoms with van der Waals surface area (Å²) in [4.78, 5) is 17.1.